The quantitative estimate of drug-likeness (QED) is 0.776. The summed E-state index contributed by atoms with van der Waals surface area (Å²) in [6.45, 7) is 0.548. The summed E-state index contributed by atoms with van der Waals surface area (Å²) in [5.74, 6) is 0.544. The Labute approximate surface area is 95.6 Å². The van der Waals surface area contributed by atoms with E-state index in [2.05, 4.69) is 26.2 Å². The van der Waals surface area contributed by atoms with E-state index in [0.717, 1.165) is 4.47 Å². The fourth-order valence-electron chi connectivity index (χ4n) is 0.842. The molecule has 0 aliphatic carbocycles. The van der Waals surface area contributed by atoms with Gasteiger partial charge in [-0.25, -0.2) is 4.98 Å². The summed E-state index contributed by atoms with van der Waals surface area (Å²) in [5, 5.41) is 12.6. The lowest BCUT2D eigenvalue weighted by molar-refractivity contribution is 0.196. The van der Waals surface area contributed by atoms with E-state index in [4.69, 9.17) is 17.3 Å². The zero-order chi connectivity index (χ0) is 10.6. The van der Waals surface area contributed by atoms with Crippen molar-refractivity contribution in [2.24, 2.45) is 5.73 Å². The number of rotatable bonds is 4. The number of nitrogens with two attached hydrogens (primary N) is 1. The number of aliphatic hydroxyl groups excluding tert-OH is 1. The molecule has 0 amide bonds. The average Bonchev–Trinajstić information content (AvgIpc) is 2.16. The van der Waals surface area contributed by atoms with Crippen LogP contribution in [-0.2, 0) is 0 Å². The van der Waals surface area contributed by atoms with E-state index in [0.29, 0.717) is 17.4 Å². The van der Waals surface area contributed by atoms with Gasteiger partial charge < -0.3 is 16.2 Å². The SMILES string of the molecule is NCC(O)CNc1ncc(Br)cc1Cl. The fourth-order valence-corrected chi connectivity index (χ4v) is 1.54. The van der Waals surface area contributed by atoms with E-state index in [1.807, 2.05) is 0 Å². The Balaban J connectivity index is 2.59. The van der Waals surface area contributed by atoms with Crippen LogP contribution in [0.5, 0.6) is 0 Å². The maximum atomic E-state index is 9.20. The second-order valence-corrected chi connectivity index (χ2v) is 4.08. The van der Waals surface area contributed by atoms with Gasteiger partial charge in [-0.1, -0.05) is 11.6 Å². The summed E-state index contributed by atoms with van der Waals surface area (Å²) in [5.41, 5.74) is 5.25. The van der Waals surface area contributed by atoms with Gasteiger partial charge in [0, 0.05) is 23.8 Å². The van der Waals surface area contributed by atoms with Crippen LogP contribution >= 0.6 is 27.5 Å². The molecule has 78 valence electrons. The highest BCUT2D eigenvalue weighted by atomic mass is 79.9. The number of nitrogens with zero attached hydrogens (tertiary/aromatic N) is 1. The third-order valence-electron chi connectivity index (χ3n) is 1.59. The van der Waals surface area contributed by atoms with Crippen LogP contribution in [-0.4, -0.2) is 29.3 Å². The molecule has 1 atom stereocenters. The van der Waals surface area contributed by atoms with Crippen LogP contribution in [0, 0.1) is 0 Å². The van der Waals surface area contributed by atoms with Gasteiger partial charge in [0.25, 0.3) is 0 Å². The number of hydrogen-bond donors (Lipinski definition) is 3. The first-order chi connectivity index (χ1) is 6.63. The van der Waals surface area contributed by atoms with Gasteiger partial charge in [-0.3, -0.25) is 0 Å². The van der Waals surface area contributed by atoms with Crippen LogP contribution in [0.1, 0.15) is 0 Å². The summed E-state index contributed by atoms with van der Waals surface area (Å²) in [4.78, 5) is 4.04. The first-order valence-corrected chi connectivity index (χ1v) is 5.23. The number of aliphatic hydroxyl groups is 1. The molecule has 1 aromatic rings. The second-order valence-electron chi connectivity index (χ2n) is 2.75. The Morgan fingerprint density at radius 3 is 3.00 bits per heavy atom. The van der Waals surface area contributed by atoms with Crippen LogP contribution < -0.4 is 11.1 Å². The minimum atomic E-state index is -0.587. The van der Waals surface area contributed by atoms with Crippen molar-refractivity contribution in [3.63, 3.8) is 0 Å². The van der Waals surface area contributed by atoms with E-state index >= 15 is 0 Å². The third kappa shape index (κ3) is 3.42. The molecule has 1 rings (SSSR count). The van der Waals surface area contributed by atoms with Crippen molar-refractivity contribution in [3.8, 4) is 0 Å². The number of anilines is 1. The standard InChI is InChI=1S/C8H11BrClN3O/c9-5-1-7(10)8(12-3-5)13-4-6(14)2-11/h1,3,6,14H,2,4,11H2,(H,12,13). The normalized spacial score (nSPS) is 12.6. The van der Waals surface area contributed by atoms with Gasteiger partial charge in [-0.15, -0.1) is 0 Å². The summed E-state index contributed by atoms with van der Waals surface area (Å²) >= 11 is 9.13. The molecule has 0 fully saturated rings. The highest BCUT2D eigenvalue weighted by Gasteiger charge is 2.04. The van der Waals surface area contributed by atoms with Gasteiger partial charge in [-0.05, 0) is 22.0 Å². The Hall–Kier alpha value is -0.360. The van der Waals surface area contributed by atoms with E-state index in [-0.39, 0.29) is 6.54 Å². The first kappa shape index (κ1) is 11.7. The fraction of sp³-hybridized carbons (Fsp3) is 0.375. The number of halogens is 2. The summed E-state index contributed by atoms with van der Waals surface area (Å²) < 4.78 is 0.812. The average molecular weight is 281 g/mol. The topological polar surface area (TPSA) is 71.2 Å². The Morgan fingerprint density at radius 1 is 1.71 bits per heavy atom. The van der Waals surface area contributed by atoms with Crippen molar-refractivity contribution in [3.05, 3.63) is 21.8 Å². The minimum Gasteiger partial charge on any atom is -0.390 e. The van der Waals surface area contributed by atoms with Gasteiger partial charge in [0.15, 0.2) is 0 Å². The highest BCUT2D eigenvalue weighted by Crippen LogP contribution is 2.22. The molecule has 0 radical (unpaired) electrons. The molecule has 4 N–H and O–H groups in total. The second kappa shape index (κ2) is 5.50. The van der Waals surface area contributed by atoms with Gasteiger partial charge in [0.05, 0.1) is 11.1 Å². The molecule has 14 heavy (non-hydrogen) atoms. The van der Waals surface area contributed by atoms with Crippen molar-refractivity contribution in [2.45, 2.75) is 6.10 Å². The van der Waals surface area contributed by atoms with Crippen molar-refractivity contribution in [1.82, 2.24) is 4.98 Å². The molecule has 1 heterocycles. The highest BCUT2D eigenvalue weighted by molar-refractivity contribution is 9.10. The monoisotopic (exact) mass is 279 g/mol. The summed E-state index contributed by atoms with van der Waals surface area (Å²) in [6, 6.07) is 1.73. The Bertz CT molecular complexity index is 311. The molecule has 6 heteroatoms. The largest absolute Gasteiger partial charge is 0.390 e. The lowest BCUT2D eigenvalue weighted by Crippen LogP contribution is -2.28. The minimum absolute atomic E-state index is 0.209. The molecule has 1 aromatic heterocycles. The van der Waals surface area contributed by atoms with E-state index < -0.39 is 6.10 Å². The van der Waals surface area contributed by atoms with E-state index in [1.165, 1.54) is 0 Å². The molecule has 4 nitrogen and oxygen atoms in total. The van der Waals surface area contributed by atoms with Crippen molar-refractivity contribution >= 4 is 33.3 Å². The molecule has 0 bridgehead atoms. The Kier molecular flexibility index (Phi) is 4.60. The number of nitrogens with one attached hydrogen (secondary N) is 1. The molecule has 0 aliphatic heterocycles. The predicted molar refractivity (Wildman–Crippen MR) is 60.5 cm³/mol. The maximum absolute atomic E-state index is 9.20. The van der Waals surface area contributed by atoms with Crippen molar-refractivity contribution < 1.29 is 5.11 Å². The van der Waals surface area contributed by atoms with Crippen molar-refractivity contribution in [1.29, 1.82) is 0 Å². The Morgan fingerprint density at radius 2 is 2.43 bits per heavy atom. The van der Waals surface area contributed by atoms with Crippen LogP contribution in [0.4, 0.5) is 5.82 Å². The smallest absolute Gasteiger partial charge is 0.144 e. The summed E-state index contributed by atoms with van der Waals surface area (Å²) in [6.07, 6.45) is 1.04. The van der Waals surface area contributed by atoms with Gasteiger partial charge in [0.1, 0.15) is 5.82 Å². The first-order valence-electron chi connectivity index (χ1n) is 4.06. The molecule has 0 spiro atoms. The molecular formula is C8H11BrClN3O. The number of aromatic nitrogens is 1. The molecule has 0 saturated heterocycles. The predicted octanol–water partition coefficient (Wildman–Crippen LogP) is 1.23. The van der Waals surface area contributed by atoms with Crippen molar-refractivity contribution in [2.75, 3.05) is 18.4 Å². The molecule has 1 unspecified atom stereocenters. The number of pyridine rings is 1. The zero-order valence-electron chi connectivity index (χ0n) is 7.37. The molecule has 0 saturated carbocycles. The van der Waals surface area contributed by atoms with Crippen LogP contribution in [0.2, 0.25) is 5.02 Å². The lowest BCUT2D eigenvalue weighted by atomic mass is 10.3. The third-order valence-corrected chi connectivity index (χ3v) is 2.31. The van der Waals surface area contributed by atoms with Gasteiger partial charge in [-0.2, -0.15) is 0 Å². The zero-order valence-corrected chi connectivity index (χ0v) is 9.72. The van der Waals surface area contributed by atoms with Crippen LogP contribution in [0.15, 0.2) is 16.7 Å². The van der Waals surface area contributed by atoms with E-state index in [1.54, 1.807) is 12.3 Å². The van der Waals surface area contributed by atoms with E-state index in [9.17, 15) is 5.11 Å². The van der Waals surface area contributed by atoms with Crippen LogP contribution in [0.3, 0.4) is 0 Å². The molecular weight excluding hydrogens is 269 g/mol. The lowest BCUT2D eigenvalue weighted by Gasteiger charge is -2.10. The molecule has 0 aliphatic rings. The van der Waals surface area contributed by atoms with Gasteiger partial charge in [0.2, 0.25) is 0 Å². The van der Waals surface area contributed by atoms with Gasteiger partial charge >= 0.3 is 0 Å². The number of hydrogen-bond acceptors (Lipinski definition) is 4. The maximum Gasteiger partial charge on any atom is 0.144 e. The summed E-state index contributed by atoms with van der Waals surface area (Å²) in [7, 11) is 0. The molecule has 0 aromatic carbocycles. The van der Waals surface area contributed by atoms with Crippen LogP contribution in [0.25, 0.3) is 0 Å².